The number of aromatic amines is 1. The van der Waals surface area contributed by atoms with Gasteiger partial charge in [-0.25, -0.2) is 4.79 Å². The number of esters is 1. The van der Waals surface area contributed by atoms with Crippen molar-refractivity contribution in [3.8, 4) is 11.1 Å². The average molecular weight is 356 g/mol. The number of carbonyl (C=O) groups excluding carboxylic acids is 1. The van der Waals surface area contributed by atoms with Crippen LogP contribution in [-0.2, 0) is 4.74 Å². The third kappa shape index (κ3) is 3.63. The molecule has 1 aromatic carbocycles. The lowest BCUT2D eigenvalue weighted by molar-refractivity contribution is -0.655. The van der Waals surface area contributed by atoms with Gasteiger partial charge in [0.1, 0.15) is 5.69 Å². The average Bonchev–Trinajstić information content (AvgIpc) is 3.00. The molecule has 0 bridgehead atoms. The van der Waals surface area contributed by atoms with Crippen molar-refractivity contribution in [1.82, 2.24) is 4.98 Å². The SMILES string of the molecule is COC(=O)c1[nH]cc(-c2ccc(Cl)cc2)c1N1CC[NH2+]CC1.[Cl-]. The highest BCUT2D eigenvalue weighted by Gasteiger charge is 2.25. The Bertz CT molecular complexity index is 664. The lowest BCUT2D eigenvalue weighted by atomic mass is 10.1. The number of nitrogens with zero attached hydrogens (tertiary/aromatic N) is 1. The number of quaternary nitrogens is 1. The number of nitrogens with one attached hydrogen (secondary N) is 1. The van der Waals surface area contributed by atoms with Gasteiger partial charge in [-0.2, -0.15) is 0 Å². The van der Waals surface area contributed by atoms with Gasteiger partial charge in [0.2, 0.25) is 0 Å². The molecule has 124 valence electrons. The van der Waals surface area contributed by atoms with Crippen molar-refractivity contribution in [1.29, 1.82) is 0 Å². The van der Waals surface area contributed by atoms with Gasteiger partial charge < -0.3 is 32.3 Å². The van der Waals surface area contributed by atoms with Crippen LogP contribution in [0.25, 0.3) is 11.1 Å². The van der Waals surface area contributed by atoms with Crippen LogP contribution in [0, 0.1) is 0 Å². The summed E-state index contributed by atoms with van der Waals surface area (Å²) in [5, 5.41) is 2.98. The minimum Gasteiger partial charge on any atom is -1.00 e. The minimum absolute atomic E-state index is 0. The number of halogens is 2. The van der Waals surface area contributed by atoms with E-state index in [1.807, 2.05) is 30.5 Å². The van der Waals surface area contributed by atoms with Gasteiger partial charge in [0.05, 0.1) is 39.0 Å². The Balaban J connectivity index is 0.00000192. The number of nitrogens with two attached hydrogens (primary N) is 1. The van der Waals surface area contributed by atoms with E-state index < -0.39 is 0 Å². The molecule has 1 aromatic heterocycles. The second-order valence-corrected chi connectivity index (χ2v) is 5.71. The van der Waals surface area contributed by atoms with Crippen LogP contribution in [0.4, 0.5) is 5.69 Å². The largest absolute Gasteiger partial charge is 1.00 e. The highest BCUT2D eigenvalue weighted by atomic mass is 35.5. The number of H-pyrrole nitrogens is 1. The van der Waals surface area contributed by atoms with Crippen molar-refractivity contribution in [2.45, 2.75) is 0 Å². The van der Waals surface area contributed by atoms with Crippen LogP contribution in [0.5, 0.6) is 0 Å². The molecule has 1 saturated heterocycles. The summed E-state index contributed by atoms with van der Waals surface area (Å²) in [6.07, 6.45) is 1.86. The molecule has 0 atom stereocenters. The number of hydrogen-bond donors (Lipinski definition) is 2. The van der Waals surface area contributed by atoms with Gasteiger partial charge in [0, 0.05) is 16.8 Å². The van der Waals surface area contributed by atoms with Crippen molar-refractivity contribution in [3.63, 3.8) is 0 Å². The summed E-state index contributed by atoms with van der Waals surface area (Å²) < 4.78 is 4.91. The molecule has 0 aliphatic carbocycles. The molecule has 0 unspecified atom stereocenters. The van der Waals surface area contributed by atoms with Crippen molar-refractivity contribution >= 4 is 23.3 Å². The Morgan fingerprint density at radius 3 is 2.52 bits per heavy atom. The van der Waals surface area contributed by atoms with Crippen molar-refractivity contribution in [3.05, 3.63) is 41.2 Å². The van der Waals surface area contributed by atoms with E-state index >= 15 is 0 Å². The Hall–Kier alpha value is -1.69. The monoisotopic (exact) mass is 355 g/mol. The van der Waals surface area contributed by atoms with E-state index in [0.717, 1.165) is 43.0 Å². The van der Waals surface area contributed by atoms with E-state index in [-0.39, 0.29) is 18.4 Å². The first-order valence-electron chi connectivity index (χ1n) is 7.33. The molecule has 0 amide bonds. The topological polar surface area (TPSA) is 61.9 Å². The number of rotatable bonds is 3. The predicted molar refractivity (Wildman–Crippen MR) is 86.5 cm³/mol. The van der Waals surface area contributed by atoms with Crippen LogP contribution in [0.2, 0.25) is 5.02 Å². The lowest BCUT2D eigenvalue weighted by Crippen LogP contribution is -3.00. The molecule has 1 fully saturated rings. The van der Waals surface area contributed by atoms with Crippen molar-refractivity contribution in [2.75, 3.05) is 38.2 Å². The maximum atomic E-state index is 12.1. The summed E-state index contributed by atoms with van der Waals surface area (Å²) in [6.45, 7) is 3.85. The number of benzene rings is 1. The highest BCUT2D eigenvalue weighted by Crippen LogP contribution is 2.35. The van der Waals surface area contributed by atoms with Crippen LogP contribution >= 0.6 is 11.6 Å². The van der Waals surface area contributed by atoms with Crippen molar-refractivity contribution < 1.29 is 27.3 Å². The number of hydrogen-bond acceptors (Lipinski definition) is 3. The van der Waals surface area contributed by atoms with Crippen LogP contribution in [0.15, 0.2) is 30.5 Å². The third-order valence-electron chi connectivity index (χ3n) is 3.92. The summed E-state index contributed by atoms with van der Waals surface area (Å²) >= 11 is 5.97. The molecule has 0 saturated carbocycles. The predicted octanol–water partition coefficient (Wildman–Crippen LogP) is -1.49. The third-order valence-corrected chi connectivity index (χ3v) is 4.17. The Morgan fingerprint density at radius 2 is 1.91 bits per heavy atom. The van der Waals surface area contributed by atoms with Gasteiger partial charge in [-0.05, 0) is 17.7 Å². The highest BCUT2D eigenvalue weighted by molar-refractivity contribution is 6.30. The molecular formula is C16H19Cl2N3O2. The molecule has 2 heterocycles. The van der Waals surface area contributed by atoms with E-state index in [1.54, 1.807) is 0 Å². The summed E-state index contributed by atoms with van der Waals surface area (Å²) in [4.78, 5) is 17.4. The molecule has 23 heavy (non-hydrogen) atoms. The van der Waals surface area contributed by atoms with Crippen LogP contribution in [-0.4, -0.2) is 44.2 Å². The van der Waals surface area contributed by atoms with Gasteiger partial charge in [0.25, 0.3) is 0 Å². The fourth-order valence-electron chi connectivity index (χ4n) is 2.83. The fourth-order valence-corrected chi connectivity index (χ4v) is 2.95. The number of methoxy groups -OCH3 is 1. The first-order chi connectivity index (χ1) is 10.7. The second-order valence-electron chi connectivity index (χ2n) is 5.28. The Labute approximate surface area is 146 Å². The zero-order valence-corrected chi connectivity index (χ0v) is 14.3. The standard InChI is InChI=1S/C16H18ClN3O2.ClH/c1-22-16(21)14-15(20-8-6-18-7-9-20)13(10-19-14)11-2-4-12(17)5-3-11;/h2-5,10,18-19H,6-9H2,1H3;1H. The van der Waals surface area contributed by atoms with E-state index in [2.05, 4.69) is 15.2 Å². The number of ether oxygens (including phenoxy) is 1. The summed E-state index contributed by atoms with van der Waals surface area (Å²) in [6, 6.07) is 7.64. The molecule has 1 aliphatic rings. The second kappa shape index (κ2) is 7.73. The molecular weight excluding hydrogens is 337 g/mol. The van der Waals surface area contributed by atoms with Crippen LogP contribution in [0.3, 0.4) is 0 Å². The maximum Gasteiger partial charge on any atom is 0.356 e. The van der Waals surface area contributed by atoms with Crippen LogP contribution < -0.4 is 22.6 Å². The summed E-state index contributed by atoms with van der Waals surface area (Å²) in [5.74, 6) is -0.343. The van der Waals surface area contributed by atoms with E-state index in [9.17, 15) is 4.79 Å². The quantitative estimate of drug-likeness (QED) is 0.659. The van der Waals surface area contributed by atoms with Crippen molar-refractivity contribution in [2.24, 2.45) is 0 Å². The molecule has 7 heteroatoms. The first-order valence-corrected chi connectivity index (χ1v) is 7.70. The molecule has 0 spiro atoms. The molecule has 5 nitrogen and oxygen atoms in total. The van der Waals surface area contributed by atoms with Gasteiger partial charge in [-0.3, -0.25) is 0 Å². The zero-order chi connectivity index (χ0) is 15.5. The smallest absolute Gasteiger partial charge is 0.356 e. The zero-order valence-electron chi connectivity index (χ0n) is 12.8. The normalized spacial score (nSPS) is 14.3. The fraction of sp³-hybridized carbons (Fsp3) is 0.312. The van der Waals surface area contributed by atoms with E-state index in [1.165, 1.54) is 7.11 Å². The number of aromatic nitrogens is 1. The summed E-state index contributed by atoms with van der Waals surface area (Å²) in [7, 11) is 1.40. The van der Waals surface area contributed by atoms with E-state index in [0.29, 0.717) is 10.7 Å². The number of carbonyl (C=O) groups is 1. The molecule has 3 rings (SSSR count). The lowest BCUT2D eigenvalue weighted by Gasteiger charge is -2.28. The van der Waals surface area contributed by atoms with E-state index in [4.69, 9.17) is 16.3 Å². The molecule has 3 N–H and O–H groups in total. The van der Waals surface area contributed by atoms with Crippen LogP contribution in [0.1, 0.15) is 10.5 Å². The van der Waals surface area contributed by atoms with Gasteiger partial charge in [0.15, 0.2) is 0 Å². The molecule has 2 aromatic rings. The first kappa shape index (κ1) is 17.7. The van der Waals surface area contributed by atoms with Gasteiger partial charge in [-0.1, -0.05) is 23.7 Å². The van der Waals surface area contributed by atoms with Gasteiger partial charge >= 0.3 is 5.97 Å². The maximum absolute atomic E-state index is 12.1. The number of anilines is 1. The minimum atomic E-state index is -0.343. The molecule has 1 aliphatic heterocycles. The summed E-state index contributed by atoms with van der Waals surface area (Å²) in [5.41, 5.74) is 3.45. The number of piperazine rings is 1. The molecule has 0 radical (unpaired) electrons. The Morgan fingerprint density at radius 1 is 1.26 bits per heavy atom. The Kier molecular flexibility index (Phi) is 5.93. The van der Waals surface area contributed by atoms with Gasteiger partial charge in [-0.15, -0.1) is 0 Å².